The van der Waals surface area contributed by atoms with Crippen molar-refractivity contribution in [1.29, 1.82) is 0 Å². The third kappa shape index (κ3) is 4.34. The Morgan fingerprint density at radius 3 is 2.55 bits per heavy atom. The van der Waals surface area contributed by atoms with Crippen molar-refractivity contribution < 1.29 is 23.0 Å². The lowest BCUT2D eigenvalue weighted by atomic mass is 10.2. The average molecular weight is 288 g/mol. The summed E-state index contributed by atoms with van der Waals surface area (Å²) < 4.78 is 33.9. The van der Waals surface area contributed by atoms with Gasteiger partial charge in [-0.05, 0) is 24.6 Å². The van der Waals surface area contributed by atoms with Crippen LogP contribution >= 0.6 is 0 Å². The highest BCUT2D eigenvalue weighted by Crippen LogP contribution is 2.29. The second kappa shape index (κ2) is 7.04. The second-order valence-corrected chi connectivity index (χ2v) is 4.35. The first-order valence-electron chi connectivity index (χ1n) is 5.97. The fraction of sp³-hybridized carbons (Fsp3) is 0.462. The second-order valence-electron chi connectivity index (χ2n) is 4.35. The van der Waals surface area contributed by atoms with E-state index < -0.39 is 12.7 Å². The van der Waals surface area contributed by atoms with Crippen molar-refractivity contribution >= 4 is 5.91 Å². The highest BCUT2D eigenvalue weighted by Gasteiger charge is 2.16. The molecule has 0 aliphatic rings. The highest BCUT2D eigenvalue weighted by molar-refractivity contribution is 5.80. The molecule has 1 amide bonds. The van der Waals surface area contributed by atoms with Gasteiger partial charge in [-0.3, -0.25) is 4.79 Å². The molecule has 0 aliphatic carbocycles. The van der Waals surface area contributed by atoms with Gasteiger partial charge in [0.2, 0.25) is 5.91 Å². The van der Waals surface area contributed by atoms with Crippen LogP contribution in [-0.2, 0) is 11.3 Å². The Kier molecular flexibility index (Phi) is 5.69. The van der Waals surface area contributed by atoms with E-state index in [-0.39, 0.29) is 24.0 Å². The molecule has 112 valence electrons. The summed E-state index contributed by atoms with van der Waals surface area (Å²) >= 11 is 0. The van der Waals surface area contributed by atoms with Crippen LogP contribution < -0.4 is 15.2 Å². The van der Waals surface area contributed by atoms with E-state index >= 15 is 0 Å². The molecule has 0 fully saturated rings. The summed E-state index contributed by atoms with van der Waals surface area (Å²) in [5, 5.41) is 0. The van der Waals surface area contributed by atoms with Gasteiger partial charge in [-0.2, -0.15) is 8.78 Å². The first-order chi connectivity index (χ1) is 9.35. The van der Waals surface area contributed by atoms with Gasteiger partial charge in [0.1, 0.15) is 0 Å². The molecule has 1 atom stereocenters. The summed E-state index contributed by atoms with van der Waals surface area (Å²) in [5.74, 6) is -0.103. The minimum atomic E-state index is -2.94. The smallest absolute Gasteiger partial charge is 0.387 e. The Labute approximate surface area is 116 Å². The predicted octanol–water partition coefficient (Wildman–Crippen LogP) is 1.60. The molecule has 0 bridgehead atoms. The maximum Gasteiger partial charge on any atom is 0.387 e. The highest BCUT2D eigenvalue weighted by atomic mass is 19.3. The minimum Gasteiger partial charge on any atom is -0.493 e. The summed E-state index contributed by atoms with van der Waals surface area (Å²) in [6.07, 6.45) is 0. The number of carbonyl (C=O) groups is 1. The topological polar surface area (TPSA) is 64.8 Å². The molecule has 5 nitrogen and oxygen atoms in total. The van der Waals surface area contributed by atoms with E-state index in [0.29, 0.717) is 5.56 Å². The van der Waals surface area contributed by atoms with Crippen molar-refractivity contribution in [2.75, 3.05) is 14.2 Å². The van der Waals surface area contributed by atoms with Crippen LogP contribution in [-0.4, -0.2) is 37.6 Å². The van der Waals surface area contributed by atoms with Crippen molar-refractivity contribution in [3.8, 4) is 11.5 Å². The van der Waals surface area contributed by atoms with Crippen LogP contribution in [0.2, 0.25) is 0 Å². The van der Waals surface area contributed by atoms with Gasteiger partial charge in [0.05, 0.1) is 13.2 Å². The van der Waals surface area contributed by atoms with Gasteiger partial charge in [0.25, 0.3) is 0 Å². The lowest BCUT2D eigenvalue weighted by molar-refractivity contribution is -0.131. The van der Waals surface area contributed by atoms with E-state index in [1.54, 1.807) is 20.0 Å². The number of carbonyl (C=O) groups excluding carboxylic acids is 1. The molecule has 7 heteroatoms. The maximum absolute atomic E-state index is 12.3. The summed E-state index contributed by atoms with van der Waals surface area (Å²) in [4.78, 5) is 13.1. The Balaban J connectivity index is 2.88. The Morgan fingerprint density at radius 2 is 2.05 bits per heavy atom. The van der Waals surface area contributed by atoms with Crippen LogP contribution in [0.3, 0.4) is 0 Å². The van der Waals surface area contributed by atoms with E-state index in [1.165, 1.54) is 24.1 Å². The molecular formula is C13H18F2N2O3. The molecule has 0 aromatic heterocycles. The largest absolute Gasteiger partial charge is 0.493 e. The molecule has 0 saturated heterocycles. The number of hydrogen-bond acceptors (Lipinski definition) is 4. The van der Waals surface area contributed by atoms with Crippen molar-refractivity contribution in [3.05, 3.63) is 23.8 Å². The normalized spacial score (nSPS) is 12.2. The minimum absolute atomic E-state index is 0.0679. The number of ether oxygens (including phenoxy) is 2. The first kappa shape index (κ1) is 16.2. The number of halogens is 2. The lowest BCUT2D eigenvalue weighted by Gasteiger charge is -2.20. The molecule has 0 aliphatic heterocycles. The van der Waals surface area contributed by atoms with Gasteiger partial charge in [-0.25, -0.2) is 0 Å². The zero-order chi connectivity index (χ0) is 15.3. The number of nitrogens with zero attached hydrogens (tertiary/aromatic N) is 1. The molecule has 1 rings (SSSR count). The van der Waals surface area contributed by atoms with Crippen LogP contribution in [0.1, 0.15) is 12.5 Å². The third-order valence-electron chi connectivity index (χ3n) is 2.63. The Hall–Kier alpha value is -1.89. The molecule has 20 heavy (non-hydrogen) atoms. The van der Waals surface area contributed by atoms with Crippen LogP contribution in [0, 0.1) is 0 Å². The van der Waals surface area contributed by atoms with Gasteiger partial charge in [0, 0.05) is 13.6 Å². The first-order valence-corrected chi connectivity index (χ1v) is 5.97. The molecule has 0 spiro atoms. The van der Waals surface area contributed by atoms with E-state index in [1.807, 2.05) is 0 Å². The summed E-state index contributed by atoms with van der Waals surface area (Å²) in [6.45, 7) is -1.12. The number of benzene rings is 1. The molecule has 2 N–H and O–H groups in total. The number of likely N-dealkylation sites (N-methyl/N-ethyl adjacent to an activating group) is 1. The van der Waals surface area contributed by atoms with Gasteiger partial charge in [0.15, 0.2) is 11.5 Å². The molecule has 1 aromatic rings. The fourth-order valence-corrected chi connectivity index (χ4v) is 1.71. The van der Waals surface area contributed by atoms with Crippen molar-refractivity contribution in [3.63, 3.8) is 0 Å². The van der Waals surface area contributed by atoms with Gasteiger partial charge >= 0.3 is 6.61 Å². The van der Waals surface area contributed by atoms with Crippen molar-refractivity contribution in [1.82, 2.24) is 4.90 Å². The van der Waals surface area contributed by atoms with E-state index in [4.69, 9.17) is 10.5 Å². The van der Waals surface area contributed by atoms with Crippen molar-refractivity contribution in [2.45, 2.75) is 26.1 Å². The van der Waals surface area contributed by atoms with E-state index in [0.717, 1.165) is 0 Å². The van der Waals surface area contributed by atoms with E-state index in [9.17, 15) is 13.6 Å². The van der Waals surface area contributed by atoms with Gasteiger partial charge in [-0.1, -0.05) is 6.07 Å². The standard InChI is InChI=1S/C13H18F2N2O3/c1-8(16)12(18)17(2)7-9-4-5-10(19-3)11(6-9)20-13(14)15/h4-6,8,13H,7,16H2,1-3H3/t8-/m1/s1. The number of nitrogens with two attached hydrogens (primary N) is 1. The quantitative estimate of drug-likeness (QED) is 0.863. The van der Waals surface area contributed by atoms with Crippen LogP contribution in [0.25, 0.3) is 0 Å². The number of hydrogen-bond donors (Lipinski definition) is 1. The zero-order valence-corrected chi connectivity index (χ0v) is 11.6. The number of rotatable bonds is 6. The summed E-state index contributed by atoms with van der Waals surface area (Å²) in [7, 11) is 2.95. The predicted molar refractivity (Wildman–Crippen MR) is 69.7 cm³/mol. The monoisotopic (exact) mass is 288 g/mol. The number of alkyl halides is 2. The molecule has 0 saturated carbocycles. The molecule has 0 unspecified atom stereocenters. The fourth-order valence-electron chi connectivity index (χ4n) is 1.71. The SMILES string of the molecule is COc1ccc(CN(C)C(=O)[C@@H](C)N)cc1OC(F)F. The Morgan fingerprint density at radius 1 is 1.40 bits per heavy atom. The van der Waals surface area contributed by atoms with Gasteiger partial charge < -0.3 is 20.1 Å². The molecule has 0 radical (unpaired) electrons. The molecule has 0 heterocycles. The maximum atomic E-state index is 12.3. The van der Waals surface area contributed by atoms with Crippen LogP contribution in [0.5, 0.6) is 11.5 Å². The summed E-state index contributed by atoms with van der Waals surface area (Å²) in [5.41, 5.74) is 6.13. The average Bonchev–Trinajstić information content (AvgIpc) is 2.37. The van der Waals surface area contributed by atoms with Crippen LogP contribution in [0.15, 0.2) is 18.2 Å². The van der Waals surface area contributed by atoms with Gasteiger partial charge in [-0.15, -0.1) is 0 Å². The number of methoxy groups -OCH3 is 1. The van der Waals surface area contributed by atoms with E-state index in [2.05, 4.69) is 4.74 Å². The van der Waals surface area contributed by atoms with Crippen LogP contribution in [0.4, 0.5) is 8.78 Å². The summed E-state index contributed by atoms with van der Waals surface area (Å²) in [6, 6.07) is 3.98. The lowest BCUT2D eigenvalue weighted by Crippen LogP contribution is -2.39. The Bertz CT molecular complexity index is 467. The molecular weight excluding hydrogens is 270 g/mol. The number of amides is 1. The zero-order valence-electron chi connectivity index (χ0n) is 11.6. The molecule has 1 aromatic carbocycles. The third-order valence-corrected chi connectivity index (χ3v) is 2.63. The van der Waals surface area contributed by atoms with Crippen molar-refractivity contribution in [2.24, 2.45) is 5.73 Å².